The van der Waals surface area contributed by atoms with E-state index in [2.05, 4.69) is 15.6 Å². The average Bonchev–Trinajstić information content (AvgIpc) is 2.81. The number of nitrogens with one attached hydrogen (secondary N) is 2. The third-order valence-electron chi connectivity index (χ3n) is 5.72. The number of anilines is 2. The summed E-state index contributed by atoms with van der Waals surface area (Å²) in [6.45, 7) is 4.73. The predicted molar refractivity (Wildman–Crippen MR) is 132 cm³/mol. The zero-order valence-corrected chi connectivity index (χ0v) is 20.5. The van der Waals surface area contributed by atoms with Crippen molar-refractivity contribution in [3.8, 4) is 0 Å². The minimum absolute atomic E-state index is 0.0204. The number of carbonyl (C=O) groups is 1. The first-order chi connectivity index (χ1) is 16.2. The minimum atomic E-state index is -3.87. The topological polar surface area (TPSA) is 118 Å². The van der Waals surface area contributed by atoms with Gasteiger partial charge in [0.25, 0.3) is 0 Å². The number of aromatic nitrogens is 1. The molecule has 0 spiro atoms. The van der Waals surface area contributed by atoms with Crippen LogP contribution in [0.5, 0.6) is 0 Å². The molecule has 0 aliphatic carbocycles. The van der Waals surface area contributed by atoms with Gasteiger partial charge in [-0.05, 0) is 54.8 Å². The Hall–Kier alpha value is -2.72. The lowest BCUT2D eigenvalue weighted by Crippen LogP contribution is -2.46. The quantitative estimate of drug-likeness (QED) is 0.436. The summed E-state index contributed by atoms with van der Waals surface area (Å²) in [7, 11) is -3.87. The Morgan fingerprint density at radius 1 is 1.29 bits per heavy atom. The number of benzene rings is 2. The van der Waals surface area contributed by atoms with Crippen LogP contribution in [0, 0.1) is 6.92 Å². The molecule has 4 rings (SSSR count). The molecule has 2 heterocycles. The minimum Gasteiger partial charge on any atom is -0.478 e. The second-order valence-corrected chi connectivity index (χ2v) is 10.8. The standard InChI is InChI=1S/C24H26ClN3O5S/c1-3-4-15-9-14(2)23(18(10-15)24(29)30)28-20-12-21(27-19-6-5-16(25)11-17(19)20)34(31,32)22-13-33-8-7-26-22/h5-6,9-12,22,26H,3-4,7-8,13H2,1-2H3,(H,27,28)(H,29,30). The van der Waals surface area contributed by atoms with E-state index in [1.165, 1.54) is 6.07 Å². The Morgan fingerprint density at radius 3 is 2.76 bits per heavy atom. The lowest BCUT2D eigenvalue weighted by Gasteiger charge is -2.24. The molecule has 1 atom stereocenters. The van der Waals surface area contributed by atoms with E-state index in [0.717, 1.165) is 24.0 Å². The SMILES string of the molecule is CCCc1cc(C)c(Nc2cc(S(=O)(=O)C3COCCN3)nc3ccc(Cl)cc23)c(C(=O)O)c1. The lowest BCUT2D eigenvalue weighted by atomic mass is 10.00. The van der Waals surface area contributed by atoms with Crippen LogP contribution in [0.4, 0.5) is 11.4 Å². The van der Waals surface area contributed by atoms with Gasteiger partial charge in [0.2, 0.25) is 9.84 Å². The van der Waals surface area contributed by atoms with Crippen molar-refractivity contribution in [1.82, 2.24) is 10.3 Å². The van der Waals surface area contributed by atoms with Gasteiger partial charge in [-0.25, -0.2) is 18.2 Å². The molecule has 0 bridgehead atoms. The zero-order valence-electron chi connectivity index (χ0n) is 18.9. The largest absolute Gasteiger partial charge is 0.478 e. The molecule has 180 valence electrons. The van der Waals surface area contributed by atoms with E-state index < -0.39 is 21.2 Å². The van der Waals surface area contributed by atoms with Crippen LogP contribution in [-0.2, 0) is 21.0 Å². The second-order valence-electron chi connectivity index (χ2n) is 8.25. The molecule has 0 amide bonds. The van der Waals surface area contributed by atoms with Gasteiger partial charge in [-0.15, -0.1) is 0 Å². The molecule has 2 aromatic carbocycles. The number of hydrogen-bond donors (Lipinski definition) is 3. The van der Waals surface area contributed by atoms with Gasteiger partial charge in [0, 0.05) is 17.0 Å². The fourth-order valence-electron chi connectivity index (χ4n) is 4.07. The Kier molecular flexibility index (Phi) is 7.09. The normalized spacial score (nSPS) is 16.5. The maximum atomic E-state index is 13.3. The van der Waals surface area contributed by atoms with Crippen molar-refractivity contribution in [2.45, 2.75) is 37.1 Å². The molecular formula is C24H26ClN3O5S. The predicted octanol–water partition coefficient (Wildman–Crippen LogP) is 4.31. The summed E-state index contributed by atoms with van der Waals surface area (Å²) < 4.78 is 32.0. The van der Waals surface area contributed by atoms with Gasteiger partial charge in [0.1, 0.15) is 5.37 Å². The van der Waals surface area contributed by atoms with Crippen molar-refractivity contribution >= 4 is 49.7 Å². The Balaban J connectivity index is 1.87. The molecule has 10 heteroatoms. The van der Waals surface area contributed by atoms with Crippen LogP contribution in [0.2, 0.25) is 5.02 Å². The number of morpholine rings is 1. The van der Waals surface area contributed by atoms with Gasteiger partial charge >= 0.3 is 5.97 Å². The Morgan fingerprint density at radius 2 is 2.09 bits per heavy atom. The highest BCUT2D eigenvalue weighted by Crippen LogP contribution is 2.34. The summed E-state index contributed by atoms with van der Waals surface area (Å²) in [4.78, 5) is 16.5. The first kappa shape index (κ1) is 24.4. The van der Waals surface area contributed by atoms with Gasteiger partial charge in [0.05, 0.1) is 35.7 Å². The van der Waals surface area contributed by atoms with Crippen molar-refractivity contribution in [3.05, 3.63) is 58.1 Å². The number of rotatable bonds is 7. The summed E-state index contributed by atoms with van der Waals surface area (Å²) >= 11 is 6.22. The smallest absolute Gasteiger partial charge is 0.337 e. The van der Waals surface area contributed by atoms with E-state index in [1.807, 2.05) is 19.9 Å². The van der Waals surface area contributed by atoms with Crippen molar-refractivity contribution in [2.24, 2.45) is 0 Å². The average molecular weight is 504 g/mol. The number of aryl methyl sites for hydroxylation is 2. The van der Waals surface area contributed by atoms with Crippen LogP contribution in [0.1, 0.15) is 34.8 Å². The monoisotopic (exact) mass is 503 g/mol. The number of fused-ring (bicyclic) bond motifs is 1. The molecule has 1 aliphatic rings. The summed E-state index contributed by atoms with van der Waals surface area (Å²) in [5.41, 5.74) is 2.99. The van der Waals surface area contributed by atoms with Crippen molar-refractivity contribution in [1.29, 1.82) is 0 Å². The highest BCUT2D eigenvalue weighted by molar-refractivity contribution is 7.92. The second kappa shape index (κ2) is 9.87. The van der Waals surface area contributed by atoms with Crippen LogP contribution in [-0.4, -0.2) is 49.6 Å². The molecule has 3 aromatic rings. The number of halogens is 1. The molecule has 1 aliphatic heterocycles. The molecule has 34 heavy (non-hydrogen) atoms. The number of aromatic carboxylic acids is 1. The van der Waals surface area contributed by atoms with E-state index in [9.17, 15) is 18.3 Å². The van der Waals surface area contributed by atoms with Gasteiger partial charge in [-0.1, -0.05) is 31.0 Å². The number of pyridine rings is 1. The highest BCUT2D eigenvalue weighted by atomic mass is 35.5. The van der Waals surface area contributed by atoms with E-state index in [1.54, 1.807) is 24.3 Å². The summed E-state index contributed by atoms with van der Waals surface area (Å²) in [6, 6.07) is 9.96. The number of carboxylic acids is 1. The van der Waals surface area contributed by atoms with Gasteiger partial charge < -0.3 is 15.2 Å². The molecule has 0 saturated carbocycles. The molecule has 1 saturated heterocycles. The van der Waals surface area contributed by atoms with Crippen LogP contribution in [0.15, 0.2) is 41.4 Å². The number of sulfone groups is 1. The molecule has 8 nitrogen and oxygen atoms in total. The molecule has 1 aromatic heterocycles. The lowest BCUT2D eigenvalue weighted by molar-refractivity contribution is 0.0697. The Labute approximate surface area is 203 Å². The van der Waals surface area contributed by atoms with E-state index in [-0.39, 0.29) is 17.2 Å². The molecular weight excluding hydrogens is 478 g/mol. The third kappa shape index (κ3) is 4.88. The van der Waals surface area contributed by atoms with Crippen molar-refractivity contribution in [3.63, 3.8) is 0 Å². The van der Waals surface area contributed by atoms with E-state index >= 15 is 0 Å². The molecule has 1 unspecified atom stereocenters. The third-order valence-corrected chi connectivity index (χ3v) is 7.80. The number of ether oxygens (including phenoxy) is 1. The van der Waals surface area contributed by atoms with Crippen molar-refractivity contribution in [2.75, 3.05) is 25.1 Å². The first-order valence-electron chi connectivity index (χ1n) is 11.0. The van der Waals surface area contributed by atoms with Gasteiger partial charge in [-0.3, -0.25) is 5.32 Å². The first-order valence-corrected chi connectivity index (χ1v) is 12.9. The number of hydrogen-bond acceptors (Lipinski definition) is 7. The van der Waals surface area contributed by atoms with Crippen LogP contribution < -0.4 is 10.6 Å². The number of carboxylic acid groups (broad SMARTS) is 1. The fraction of sp³-hybridized carbons (Fsp3) is 0.333. The van der Waals surface area contributed by atoms with Gasteiger partial charge in [-0.2, -0.15) is 0 Å². The Bertz CT molecular complexity index is 1350. The maximum Gasteiger partial charge on any atom is 0.337 e. The summed E-state index contributed by atoms with van der Waals surface area (Å²) in [6.07, 6.45) is 1.65. The highest BCUT2D eigenvalue weighted by Gasteiger charge is 2.31. The van der Waals surface area contributed by atoms with E-state index in [0.29, 0.717) is 40.5 Å². The summed E-state index contributed by atoms with van der Waals surface area (Å²) in [5, 5.41) is 16.0. The van der Waals surface area contributed by atoms with Crippen LogP contribution in [0.3, 0.4) is 0 Å². The van der Waals surface area contributed by atoms with Crippen LogP contribution >= 0.6 is 11.6 Å². The maximum absolute atomic E-state index is 13.3. The number of nitrogens with zero attached hydrogens (tertiary/aromatic N) is 1. The summed E-state index contributed by atoms with van der Waals surface area (Å²) in [5.74, 6) is -1.07. The molecule has 3 N–H and O–H groups in total. The van der Waals surface area contributed by atoms with Gasteiger partial charge in [0.15, 0.2) is 5.03 Å². The molecule has 1 fully saturated rings. The molecule has 0 radical (unpaired) electrons. The van der Waals surface area contributed by atoms with Crippen LogP contribution in [0.25, 0.3) is 10.9 Å². The van der Waals surface area contributed by atoms with E-state index in [4.69, 9.17) is 16.3 Å². The zero-order chi connectivity index (χ0) is 24.5. The fourth-order valence-corrected chi connectivity index (χ4v) is 5.66. The van der Waals surface area contributed by atoms with Crippen molar-refractivity contribution < 1.29 is 23.1 Å².